The van der Waals surface area contributed by atoms with E-state index in [-0.39, 0.29) is 0 Å². The van der Waals surface area contributed by atoms with Crippen LogP contribution in [0.5, 0.6) is 0 Å². The Morgan fingerprint density at radius 1 is 1.15 bits per heavy atom. The Morgan fingerprint density at radius 3 is 2.08 bits per heavy atom. The fraction of sp³-hybridized carbons (Fsp3) is 1.00. The Balaban J connectivity index is 2.34. The van der Waals surface area contributed by atoms with E-state index in [9.17, 15) is 0 Å². The molecule has 2 nitrogen and oxygen atoms in total. The van der Waals surface area contributed by atoms with Crippen molar-refractivity contribution in [1.29, 1.82) is 0 Å². The molecule has 2 atom stereocenters. The summed E-state index contributed by atoms with van der Waals surface area (Å²) in [6.07, 6.45) is 5.27. The van der Waals surface area contributed by atoms with Gasteiger partial charge in [0.2, 0.25) is 0 Å². The van der Waals surface area contributed by atoms with Gasteiger partial charge in [0.05, 0.1) is 0 Å². The van der Waals surface area contributed by atoms with Crippen LogP contribution in [0.1, 0.15) is 39.5 Å². The summed E-state index contributed by atoms with van der Waals surface area (Å²) in [5.41, 5.74) is 5.73. The Labute approximate surface area is 82.5 Å². The standard InChI is InChI=1S/C11H24N2/c1-3-7-13(8-4-2)11-6-5-10(11)9-12/h10-11H,3-9,12H2,1-2H3. The first-order valence-corrected chi connectivity index (χ1v) is 5.77. The number of hydrogen-bond acceptors (Lipinski definition) is 2. The van der Waals surface area contributed by atoms with Crippen molar-refractivity contribution in [2.45, 2.75) is 45.6 Å². The summed E-state index contributed by atoms with van der Waals surface area (Å²) >= 11 is 0. The first-order valence-electron chi connectivity index (χ1n) is 5.77. The Bertz CT molecular complexity index is 128. The minimum atomic E-state index is 0.790. The molecule has 2 heteroatoms. The minimum Gasteiger partial charge on any atom is -0.330 e. The van der Waals surface area contributed by atoms with Crippen molar-refractivity contribution < 1.29 is 0 Å². The van der Waals surface area contributed by atoms with Crippen LogP contribution in [0.2, 0.25) is 0 Å². The van der Waals surface area contributed by atoms with E-state index in [0.717, 1.165) is 18.5 Å². The highest BCUT2D eigenvalue weighted by Crippen LogP contribution is 2.31. The Hall–Kier alpha value is -0.0800. The van der Waals surface area contributed by atoms with Gasteiger partial charge >= 0.3 is 0 Å². The molecule has 78 valence electrons. The maximum absolute atomic E-state index is 5.73. The van der Waals surface area contributed by atoms with Crippen LogP contribution in [0.25, 0.3) is 0 Å². The van der Waals surface area contributed by atoms with Crippen molar-refractivity contribution in [1.82, 2.24) is 4.90 Å². The average Bonchev–Trinajstić information content (AvgIpc) is 2.04. The molecule has 0 aromatic carbocycles. The number of hydrogen-bond donors (Lipinski definition) is 1. The molecule has 0 radical (unpaired) electrons. The van der Waals surface area contributed by atoms with E-state index in [1.54, 1.807) is 0 Å². The fourth-order valence-electron chi connectivity index (χ4n) is 2.32. The van der Waals surface area contributed by atoms with Crippen LogP contribution in [0.4, 0.5) is 0 Å². The van der Waals surface area contributed by atoms with Crippen LogP contribution in [-0.4, -0.2) is 30.6 Å². The van der Waals surface area contributed by atoms with Gasteiger partial charge in [-0.1, -0.05) is 13.8 Å². The molecule has 0 saturated heterocycles. The van der Waals surface area contributed by atoms with Gasteiger partial charge in [0.25, 0.3) is 0 Å². The van der Waals surface area contributed by atoms with Crippen molar-refractivity contribution in [2.75, 3.05) is 19.6 Å². The second-order valence-electron chi connectivity index (χ2n) is 4.18. The topological polar surface area (TPSA) is 29.3 Å². The zero-order chi connectivity index (χ0) is 9.68. The SMILES string of the molecule is CCCN(CCC)C1CCC1CN. The third-order valence-corrected chi connectivity index (χ3v) is 3.17. The van der Waals surface area contributed by atoms with E-state index >= 15 is 0 Å². The number of nitrogens with two attached hydrogens (primary N) is 1. The van der Waals surface area contributed by atoms with Crippen molar-refractivity contribution in [3.05, 3.63) is 0 Å². The van der Waals surface area contributed by atoms with Crippen LogP contribution in [0.3, 0.4) is 0 Å². The molecule has 0 aromatic rings. The van der Waals surface area contributed by atoms with Gasteiger partial charge in [-0.15, -0.1) is 0 Å². The molecule has 1 aliphatic rings. The van der Waals surface area contributed by atoms with E-state index in [1.807, 2.05) is 0 Å². The second kappa shape index (κ2) is 5.61. The quantitative estimate of drug-likeness (QED) is 0.682. The van der Waals surface area contributed by atoms with E-state index in [1.165, 1.54) is 38.8 Å². The maximum atomic E-state index is 5.73. The van der Waals surface area contributed by atoms with Crippen LogP contribution in [-0.2, 0) is 0 Å². The highest BCUT2D eigenvalue weighted by molar-refractivity contribution is 4.89. The lowest BCUT2D eigenvalue weighted by Crippen LogP contribution is -2.50. The third-order valence-electron chi connectivity index (χ3n) is 3.17. The van der Waals surface area contributed by atoms with Gasteiger partial charge in [0.15, 0.2) is 0 Å². The summed E-state index contributed by atoms with van der Waals surface area (Å²) in [6.45, 7) is 7.93. The maximum Gasteiger partial charge on any atom is 0.0136 e. The van der Waals surface area contributed by atoms with E-state index in [4.69, 9.17) is 5.73 Å². The minimum absolute atomic E-state index is 0.790. The molecule has 0 amide bonds. The molecular formula is C11H24N2. The lowest BCUT2D eigenvalue weighted by molar-refractivity contribution is 0.0665. The van der Waals surface area contributed by atoms with Crippen LogP contribution >= 0.6 is 0 Å². The van der Waals surface area contributed by atoms with Gasteiger partial charge in [-0.3, -0.25) is 0 Å². The monoisotopic (exact) mass is 184 g/mol. The molecule has 0 spiro atoms. The Morgan fingerprint density at radius 2 is 1.77 bits per heavy atom. The number of nitrogens with zero attached hydrogens (tertiary/aromatic N) is 1. The van der Waals surface area contributed by atoms with Crippen LogP contribution in [0, 0.1) is 5.92 Å². The molecule has 0 bridgehead atoms. The van der Waals surface area contributed by atoms with Gasteiger partial charge in [-0.25, -0.2) is 0 Å². The second-order valence-corrected chi connectivity index (χ2v) is 4.18. The molecule has 0 aliphatic heterocycles. The summed E-state index contributed by atoms with van der Waals surface area (Å²) in [4.78, 5) is 2.64. The van der Waals surface area contributed by atoms with Gasteiger partial charge in [0, 0.05) is 6.04 Å². The average molecular weight is 184 g/mol. The Kier molecular flexibility index (Phi) is 4.74. The molecule has 1 saturated carbocycles. The molecule has 1 rings (SSSR count). The zero-order valence-corrected chi connectivity index (χ0v) is 9.13. The largest absolute Gasteiger partial charge is 0.330 e. The predicted molar refractivity (Wildman–Crippen MR) is 57.7 cm³/mol. The summed E-state index contributed by atoms with van der Waals surface area (Å²) in [6, 6.07) is 0.810. The first-order chi connectivity index (χ1) is 6.33. The van der Waals surface area contributed by atoms with E-state index < -0.39 is 0 Å². The predicted octanol–water partition coefficient (Wildman–Crippen LogP) is 1.85. The van der Waals surface area contributed by atoms with E-state index in [0.29, 0.717) is 0 Å². The summed E-state index contributed by atoms with van der Waals surface area (Å²) in [5.74, 6) is 0.790. The van der Waals surface area contributed by atoms with Crippen LogP contribution in [0.15, 0.2) is 0 Å². The molecule has 2 unspecified atom stereocenters. The molecule has 1 fully saturated rings. The smallest absolute Gasteiger partial charge is 0.0136 e. The van der Waals surface area contributed by atoms with Crippen molar-refractivity contribution in [3.8, 4) is 0 Å². The summed E-state index contributed by atoms with van der Waals surface area (Å²) < 4.78 is 0. The molecule has 1 aliphatic carbocycles. The van der Waals surface area contributed by atoms with Crippen molar-refractivity contribution in [3.63, 3.8) is 0 Å². The number of rotatable bonds is 6. The highest BCUT2D eigenvalue weighted by Gasteiger charge is 2.33. The van der Waals surface area contributed by atoms with Crippen molar-refractivity contribution in [2.24, 2.45) is 11.7 Å². The highest BCUT2D eigenvalue weighted by atomic mass is 15.2. The lowest BCUT2D eigenvalue weighted by Gasteiger charge is -2.44. The fourth-order valence-corrected chi connectivity index (χ4v) is 2.32. The van der Waals surface area contributed by atoms with Crippen molar-refractivity contribution >= 4 is 0 Å². The molecular weight excluding hydrogens is 160 g/mol. The normalized spacial score (nSPS) is 27.7. The lowest BCUT2D eigenvalue weighted by atomic mass is 9.78. The first kappa shape index (κ1) is 11.0. The third kappa shape index (κ3) is 2.68. The zero-order valence-electron chi connectivity index (χ0n) is 9.13. The van der Waals surface area contributed by atoms with Gasteiger partial charge in [-0.2, -0.15) is 0 Å². The van der Waals surface area contributed by atoms with Gasteiger partial charge < -0.3 is 10.6 Å². The summed E-state index contributed by atoms with van der Waals surface area (Å²) in [7, 11) is 0. The summed E-state index contributed by atoms with van der Waals surface area (Å²) in [5, 5.41) is 0. The van der Waals surface area contributed by atoms with Gasteiger partial charge in [0.1, 0.15) is 0 Å². The van der Waals surface area contributed by atoms with Crippen LogP contribution < -0.4 is 5.73 Å². The van der Waals surface area contributed by atoms with E-state index in [2.05, 4.69) is 18.7 Å². The molecule has 0 aromatic heterocycles. The molecule has 0 heterocycles. The molecule has 13 heavy (non-hydrogen) atoms. The van der Waals surface area contributed by atoms with Gasteiger partial charge in [-0.05, 0) is 51.2 Å². The molecule has 2 N–H and O–H groups in total.